The van der Waals surface area contributed by atoms with E-state index < -0.39 is 0 Å². The molecule has 1 aromatic heterocycles. The van der Waals surface area contributed by atoms with E-state index in [4.69, 9.17) is 11.6 Å². The highest BCUT2D eigenvalue weighted by Gasteiger charge is 2.23. The monoisotopic (exact) mass is 410 g/mol. The molecule has 1 fully saturated rings. The van der Waals surface area contributed by atoms with Crippen LogP contribution in [0.4, 0.5) is 5.69 Å². The molecule has 29 heavy (non-hydrogen) atoms. The van der Waals surface area contributed by atoms with Crippen molar-refractivity contribution in [3.8, 4) is 0 Å². The molecule has 4 rings (SSSR count). The van der Waals surface area contributed by atoms with Gasteiger partial charge in [0.25, 0.3) is 0 Å². The summed E-state index contributed by atoms with van der Waals surface area (Å²) in [6.07, 6.45) is 2.30. The van der Waals surface area contributed by atoms with E-state index in [0.717, 1.165) is 16.5 Å². The molecule has 150 valence electrons. The number of piperazine rings is 1. The molecule has 1 aliphatic heterocycles. The van der Waals surface area contributed by atoms with Crippen molar-refractivity contribution in [1.29, 1.82) is 0 Å². The maximum Gasteiger partial charge on any atom is 0.238 e. The Bertz CT molecular complexity index is 1020. The molecule has 0 unspecified atom stereocenters. The average Bonchev–Trinajstić information content (AvgIpc) is 3.13. The van der Waals surface area contributed by atoms with Crippen molar-refractivity contribution < 1.29 is 9.59 Å². The Labute approximate surface area is 174 Å². The Morgan fingerprint density at radius 2 is 1.72 bits per heavy atom. The zero-order valence-electron chi connectivity index (χ0n) is 16.0. The molecule has 0 saturated carbocycles. The van der Waals surface area contributed by atoms with Gasteiger partial charge in [0.2, 0.25) is 11.8 Å². The highest BCUT2D eigenvalue weighted by molar-refractivity contribution is 6.33. The molecule has 2 amide bonds. The third-order valence-corrected chi connectivity index (χ3v) is 5.59. The molecule has 0 aliphatic carbocycles. The number of aromatic nitrogens is 1. The van der Waals surface area contributed by atoms with Gasteiger partial charge < -0.3 is 15.2 Å². The van der Waals surface area contributed by atoms with Crippen LogP contribution in [-0.2, 0) is 16.0 Å². The van der Waals surface area contributed by atoms with Crippen molar-refractivity contribution in [2.75, 3.05) is 38.0 Å². The Kier molecular flexibility index (Phi) is 5.83. The molecule has 0 atom stereocenters. The largest absolute Gasteiger partial charge is 0.361 e. The van der Waals surface area contributed by atoms with E-state index in [0.29, 0.717) is 43.3 Å². The minimum atomic E-state index is -0.100. The van der Waals surface area contributed by atoms with Gasteiger partial charge in [-0.05, 0) is 23.8 Å². The number of nitrogens with zero attached hydrogens (tertiary/aromatic N) is 2. The smallest absolute Gasteiger partial charge is 0.238 e. The number of benzene rings is 2. The third-order valence-electron chi connectivity index (χ3n) is 5.26. The first-order valence-corrected chi connectivity index (χ1v) is 10.1. The summed E-state index contributed by atoms with van der Waals surface area (Å²) in [6.45, 7) is 2.89. The van der Waals surface area contributed by atoms with Crippen LogP contribution in [0.1, 0.15) is 5.56 Å². The van der Waals surface area contributed by atoms with Crippen LogP contribution in [0, 0.1) is 0 Å². The topological polar surface area (TPSA) is 68.4 Å². The van der Waals surface area contributed by atoms with Gasteiger partial charge in [0.15, 0.2) is 0 Å². The lowest BCUT2D eigenvalue weighted by molar-refractivity contribution is -0.132. The number of nitrogens with one attached hydrogen (secondary N) is 2. The van der Waals surface area contributed by atoms with E-state index in [1.165, 1.54) is 0 Å². The summed E-state index contributed by atoms with van der Waals surface area (Å²) in [7, 11) is 0. The van der Waals surface area contributed by atoms with Crippen molar-refractivity contribution in [2.24, 2.45) is 0 Å². The second-order valence-corrected chi connectivity index (χ2v) is 7.63. The third kappa shape index (κ3) is 4.60. The summed E-state index contributed by atoms with van der Waals surface area (Å²) in [5, 5.41) is 4.46. The van der Waals surface area contributed by atoms with Crippen LogP contribution >= 0.6 is 11.6 Å². The fourth-order valence-corrected chi connectivity index (χ4v) is 3.85. The second kappa shape index (κ2) is 8.68. The summed E-state index contributed by atoms with van der Waals surface area (Å²) < 4.78 is 0. The van der Waals surface area contributed by atoms with Gasteiger partial charge in [-0.1, -0.05) is 41.9 Å². The molecule has 2 heterocycles. The van der Waals surface area contributed by atoms with E-state index in [1.54, 1.807) is 12.1 Å². The van der Waals surface area contributed by atoms with Crippen LogP contribution < -0.4 is 5.32 Å². The number of para-hydroxylation sites is 2. The van der Waals surface area contributed by atoms with Gasteiger partial charge in [0.05, 0.1) is 23.7 Å². The minimum absolute atomic E-state index is 0.100. The summed E-state index contributed by atoms with van der Waals surface area (Å²) in [4.78, 5) is 32.2. The van der Waals surface area contributed by atoms with Gasteiger partial charge in [-0.2, -0.15) is 0 Å². The molecule has 0 radical (unpaired) electrons. The van der Waals surface area contributed by atoms with Crippen molar-refractivity contribution in [3.05, 3.63) is 65.3 Å². The van der Waals surface area contributed by atoms with Crippen LogP contribution in [0.2, 0.25) is 5.02 Å². The number of halogens is 1. The van der Waals surface area contributed by atoms with Gasteiger partial charge in [-0.3, -0.25) is 14.5 Å². The number of anilines is 1. The normalized spacial score (nSPS) is 14.9. The molecular formula is C22H23ClN4O2. The van der Waals surface area contributed by atoms with Crippen LogP contribution in [0.15, 0.2) is 54.7 Å². The van der Waals surface area contributed by atoms with Crippen molar-refractivity contribution in [2.45, 2.75) is 6.42 Å². The summed E-state index contributed by atoms with van der Waals surface area (Å²) >= 11 is 6.08. The fraction of sp³-hybridized carbons (Fsp3) is 0.273. The van der Waals surface area contributed by atoms with Crippen LogP contribution in [0.5, 0.6) is 0 Å². The number of aromatic amines is 1. The van der Waals surface area contributed by atoms with Crippen molar-refractivity contribution in [3.63, 3.8) is 0 Å². The lowest BCUT2D eigenvalue weighted by Gasteiger charge is -2.34. The molecule has 2 aromatic carbocycles. The van der Waals surface area contributed by atoms with E-state index >= 15 is 0 Å². The highest BCUT2D eigenvalue weighted by Crippen LogP contribution is 2.21. The molecule has 0 bridgehead atoms. The molecule has 6 nitrogen and oxygen atoms in total. The van der Waals surface area contributed by atoms with Crippen molar-refractivity contribution in [1.82, 2.24) is 14.8 Å². The lowest BCUT2D eigenvalue weighted by atomic mass is 10.1. The Balaban J connectivity index is 1.27. The average molecular weight is 411 g/mol. The van der Waals surface area contributed by atoms with Gasteiger partial charge in [-0.25, -0.2) is 0 Å². The van der Waals surface area contributed by atoms with Crippen molar-refractivity contribution >= 4 is 40.0 Å². The number of fused-ring (bicyclic) bond motifs is 1. The maximum absolute atomic E-state index is 12.7. The molecule has 1 saturated heterocycles. The van der Waals surface area contributed by atoms with Gasteiger partial charge >= 0.3 is 0 Å². The summed E-state index contributed by atoms with van der Waals surface area (Å²) in [6, 6.07) is 15.2. The summed E-state index contributed by atoms with van der Waals surface area (Å²) in [5.74, 6) is 0.0200. The Hall–Kier alpha value is -2.83. The van der Waals surface area contributed by atoms with Crippen LogP contribution in [-0.4, -0.2) is 59.3 Å². The predicted molar refractivity (Wildman–Crippen MR) is 115 cm³/mol. The predicted octanol–water partition coefficient (Wildman–Crippen LogP) is 3.15. The zero-order valence-corrected chi connectivity index (χ0v) is 16.8. The number of carbonyl (C=O) groups is 2. The number of hydrogen-bond acceptors (Lipinski definition) is 3. The number of amides is 2. The Morgan fingerprint density at radius 1 is 1.00 bits per heavy atom. The standard InChI is InChI=1S/C22H23ClN4O2/c23-18-6-2-4-8-20(18)25-21(28)15-26-9-11-27(12-10-26)22(29)13-16-14-24-19-7-3-1-5-17(16)19/h1-8,14,24H,9-13,15H2,(H,25,28). The van der Waals surface area contributed by atoms with E-state index in [2.05, 4.69) is 15.2 Å². The fourth-order valence-electron chi connectivity index (χ4n) is 3.66. The zero-order chi connectivity index (χ0) is 20.2. The van der Waals surface area contributed by atoms with Gasteiger partial charge in [0.1, 0.15) is 0 Å². The highest BCUT2D eigenvalue weighted by atomic mass is 35.5. The number of carbonyl (C=O) groups excluding carboxylic acids is 2. The molecule has 3 aromatic rings. The molecule has 2 N–H and O–H groups in total. The quantitative estimate of drug-likeness (QED) is 0.679. The molecule has 7 heteroatoms. The first-order valence-electron chi connectivity index (χ1n) is 9.69. The molecular weight excluding hydrogens is 388 g/mol. The van der Waals surface area contributed by atoms with Gasteiger partial charge in [0, 0.05) is 43.3 Å². The van der Waals surface area contributed by atoms with Gasteiger partial charge in [-0.15, -0.1) is 0 Å². The number of hydrogen-bond donors (Lipinski definition) is 2. The van der Waals surface area contributed by atoms with Crippen LogP contribution in [0.3, 0.4) is 0 Å². The maximum atomic E-state index is 12.7. The van der Waals surface area contributed by atoms with E-state index in [-0.39, 0.29) is 18.4 Å². The summed E-state index contributed by atoms with van der Waals surface area (Å²) in [5.41, 5.74) is 2.68. The molecule has 0 spiro atoms. The number of H-pyrrole nitrogens is 1. The SMILES string of the molecule is O=C(CN1CCN(C(=O)Cc2c[nH]c3ccccc23)CC1)Nc1ccccc1Cl. The van der Waals surface area contributed by atoms with Crippen LogP contribution in [0.25, 0.3) is 10.9 Å². The molecule has 1 aliphatic rings. The second-order valence-electron chi connectivity index (χ2n) is 7.22. The number of rotatable bonds is 5. The Morgan fingerprint density at radius 3 is 2.52 bits per heavy atom. The first-order chi connectivity index (χ1) is 14.1. The van der Waals surface area contributed by atoms with E-state index in [9.17, 15) is 9.59 Å². The lowest BCUT2D eigenvalue weighted by Crippen LogP contribution is -2.50. The van der Waals surface area contributed by atoms with E-state index in [1.807, 2.05) is 47.5 Å². The first kappa shape index (κ1) is 19.5. The minimum Gasteiger partial charge on any atom is -0.361 e.